The summed E-state index contributed by atoms with van der Waals surface area (Å²) in [5, 5.41) is 36.2. The lowest BCUT2D eigenvalue weighted by atomic mass is 10.1. The van der Waals surface area contributed by atoms with Crippen LogP contribution in [0.5, 0.6) is 0 Å². The van der Waals surface area contributed by atoms with Gasteiger partial charge in [0.05, 0.1) is 62.2 Å². The third kappa shape index (κ3) is 26.5. The fraction of sp³-hybridized carbons (Fsp3) is 0.696. The molecule has 0 atom stereocenters. The van der Waals surface area contributed by atoms with Crippen LogP contribution in [0.3, 0.4) is 0 Å². The smallest absolute Gasteiger partial charge is 0.269 e. The number of nitrogens with zero attached hydrogens (tertiary/aromatic N) is 6. The molecular weight excluding hydrogens is 848 g/mol. The van der Waals surface area contributed by atoms with Crippen molar-refractivity contribution < 1.29 is 49.1 Å². The standard InChI is InChI=1S/2C16H36N.C14H10N6O4S.2ClH.H2O/c2*1-5-9-13-17(14-10-6-2,15-11-7-3)16-12-8-4;21-19(22)11-5-1-9(2-6-11)15-13-17-18-14(25-13)16-10-3-7-12(8-4-10)20(23)24;;;/h2*5-16H2,1-4H3;1-8H,(H,15,17)(H,16,18);2*1H;1H2/q2*+1;;;;/p-2. The Hall–Kier alpha value is -3.14. The number of anilines is 4. The molecule has 0 bridgehead atoms. The lowest BCUT2D eigenvalue weighted by Crippen LogP contribution is -3.00. The van der Waals surface area contributed by atoms with Crippen molar-refractivity contribution in [2.24, 2.45) is 0 Å². The quantitative estimate of drug-likeness (QED) is 0.0408. The van der Waals surface area contributed by atoms with Crippen molar-refractivity contribution in [3.05, 3.63) is 68.8 Å². The Morgan fingerprint density at radius 1 is 0.452 bits per heavy atom. The Labute approximate surface area is 391 Å². The van der Waals surface area contributed by atoms with E-state index in [1.54, 1.807) is 24.3 Å². The van der Waals surface area contributed by atoms with Gasteiger partial charge >= 0.3 is 0 Å². The molecule has 0 aliphatic carbocycles. The van der Waals surface area contributed by atoms with E-state index in [1.165, 1.54) is 200 Å². The number of hydrogen-bond donors (Lipinski definition) is 2. The zero-order valence-corrected chi connectivity index (χ0v) is 41.9. The maximum atomic E-state index is 10.6. The summed E-state index contributed by atoms with van der Waals surface area (Å²) in [6.07, 6.45) is 22.1. The van der Waals surface area contributed by atoms with E-state index < -0.39 is 9.85 Å². The minimum absolute atomic E-state index is 0. The molecule has 358 valence electrons. The SMILES string of the molecule is CCCC[N+](CCCC)(CCCC)CCCC.CCCC[N+](CCCC)(CCCC)CCCC.O.O=[N+]([O-])c1ccc(Nc2nnc(Nc3ccc([N+](=O)[O-])cc3)s2)cc1.[Cl-].[Cl-]. The number of halogens is 2. The molecule has 0 unspecified atom stereocenters. The molecule has 2 aromatic carbocycles. The lowest BCUT2D eigenvalue weighted by molar-refractivity contribution is -0.929. The van der Waals surface area contributed by atoms with E-state index >= 15 is 0 Å². The summed E-state index contributed by atoms with van der Waals surface area (Å²) in [6.45, 7) is 30.0. The Kier molecular flexibility index (Phi) is 39.0. The van der Waals surface area contributed by atoms with Gasteiger partial charge in [0.15, 0.2) is 0 Å². The van der Waals surface area contributed by atoms with Gasteiger partial charge in [-0.15, -0.1) is 10.2 Å². The van der Waals surface area contributed by atoms with Gasteiger partial charge in [-0.25, -0.2) is 0 Å². The summed E-state index contributed by atoms with van der Waals surface area (Å²) >= 11 is 1.23. The van der Waals surface area contributed by atoms with E-state index in [0.29, 0.717) is 21.6 Å². The molecule has 0 amide bonds. The Balaban J connectivity index is -0.000000850. The minimum Gasteiger partial charge on any atom is -1.00 e. The van der Waals surface area contributed by atoms with Crippen LogP contribution in [0.15, 0.2) is 48.5 Å². The molecule has 3 aromatic rings. The zero-order valence-electron chi connectivity index (χ0n) is 39.6. The van der Waals surface area contributed by atoms with Gasteiger partial charge in [-0.1, -0.05) is 118 Å². The Bertz CT molecular complexity index is 1330. The molecule has 0 fully saturated rings. The number of aromatic nitrogens is 2. The maximum absolute atomic E-state index is 10.6. The number of rotatable bonds is 30. The fourth-order valence-electron chi connectivity index (χ4n) is 7.19. The van der Waals surface area contributed by atoms with Gasteiger partial charge in [-0.2, -0.15) is 0 Å². The van der Waals surface area contributed by atoms with Crippen molar-refractivity contribution in [3.8, 4) is 0 Å². The molecule has 0 aliphatic rings. The molecule has 4 N–H and O–H groups in total. The fourth-order valence-corrected chi connectivity index (χ4v) is 7.88. The number of nitro benzene ring substituents is 2. The molecule has 62 heavy (non-hydrogen) atoms. The third-order valence-corrected chi connectivity index (χ3v) is 11.7. The summed E-state index contributed by atoms with van der Waals surface area (Å²) in [4.78, 5) is 20.3. The highest BCUT2D eigenvalue weighted by Crippen LogP contribution is 2.28. The highest BCUT2D eigenvalue weighted by Gasteiger charge is 2.26. The first-order valence-corrected chi connectivity index (χ1v) is 23.9. The van der Waals surface area contributed by atoms with Gasteiger partial charge in [0.1, 0.15) is 0 Å². The first kappa shape index (κ1) is 63.2. The molecule has 3 rings (SSSR count). The van der Waals surface area contributed by atoms with Gasteiger partial charge in [-0.05, 0) is 75.6 Å². The van der Waals surface area contributed by atoms with Crippen LogP contribution in [-0.4, -0.2) is 86.8 Å². The maximum Gasteiger partial charge on any atom is 0.269 e. The summed E-state index contributed by atoms with van der Waals surface area (Å²) in [7, 11) is 0. The molecule has 0 spiro atoms. The van der Waals surface area contributed by atoms with E-state index in [0.717, 1.165) is 0 Å². The van der Waals surface area contributed by atoms with Crippen molar-refractivity contribution in [2.75, 3.05) is 63.0 Å². The second kappa shape index (κ2) is 38.3. The van der Waals surface area contributed by atoms with E-state index in [-0.39, 0.29) is 41.7 Å². The molecule has 1 aromatic heterocycles. The average Bonchev–Trinajstić information content (AvgIpc) is 3.69. The monoisotopic (exact) mass is 931 g/mol. The normalized spacial score (nSPS) is 10.7. The number of non-ortho nitro benzene ring substituents is 2. The van der Waals surface area contributed by atoms with Crippen LogP contribution in [0.25, 0.3) is 0 Å². The number of hydrogen-bond acceptors (Lipinski definition) is 9. The van der Waals surface area contributed by atoms with Crippen molar-refractivity contribution in [2.45, 2.75) is 158 Å². The second-order valence-corrected chi connectivity index (χ2v) is 17.0. The topological polar surface area (TPSA) is 168 Å². The summed E-state index contributed by atoms with van der Waals surface area (Å²) < 4.78 is 2.84. The molecule has 0 aliphatic heterocycles. The van der Waals surface area contributed by atoms with Gasteiger partial charge < -0.3 is 49.9 Å². The Morgan fingerprint density at radius 2 is 0.661 bits per heavy atom. The summed E-state index contributed by atoms with van der Waals surface area (Å²) in [6, 6.07) is 11.8. The largest absolute Gasteiger partial charge is 1.00 e. The second-order valence-electron chi connectivity index (χ2n) is 16.1. The Morgan fingerprint density at radius 3 is 0.839 bits per heavy atom. The average molecular weight is 932 g/mol. The van der Waals surface area contributed by atoms with E-state index in [4.69, 9.17) is 0 Å². The number of quaternary nitrogens is 2. The summed E-state index contributed by atoms with van der Waals surface area (Å²) in [5.74, 6) is 0. The van der Waals surface area contributed by atoms with Crippen molar-refractivity contribution >= 4 is 44.3 Å². The number of nitrogens with one attached hydrogen (secondary N) is 2. The van der Waals surface area contributed by atoms with Gasteiger partial charge in [0.25, 0.3) is 11.4 Å². The third-order valence-electron chi connectivity index (χ3n) is 11.0. The molecule has 16 heteroatoms. The van der Waals surface area contributed by atoms with Gasteiger partial charge in [0, 0.05) is 35.6 Å². The first-order valence-electron chi connectivity index (χ1n) is 23.1. The van der Waals surface area contributed by atoms with Crippen LogP contribution in [0.1, 0.15) is 158 Å². The van der Waals surface area contributed by atoms with Crippen LogP contribution in [-0.2, 0) is 0 Å². The first-order chi connectivity index (χ1) is 28.5. The molecule has 1 heterocycles. The number of unbranched alkanes of at least 4 members (excludes halogenated alkanes) is 8. The van der Waals surface area contributed by atoms with Gasteiger partial charge in [-0.3, -0.25) is 20.2 Å². The minimum atomic E-state index is -0.471. The zero-order chi connectivity index (χ0) is 43.8. The van der Waals surface area contributed by atoms with E-state index in [9.17, 15) is 20.2 Å². The van der Waals surface area contributed by atoms with Crippen molar-refractivity contribution in [1.29, 1.82) is 0 Å². The van der Waals surface area contributed by atoms with Crippen molar-refractivity contribution in [1.82, 2.24) is 10.2 Å². The summed E-state index contributed by atoms with van der Waals surface area (Å²) in [5.41, 5.74) is 1.29. The van der Waals surface area contributed by atoms with Gasteiger partial charge in [0.2, 0.25) is 10.3 Å². The molecule has 13 nitrogen and oxygen atoms in total. The van der Waals surface area contributed by atoms with Crippen LogP contribution < -0.4 is 35.4 Å². The predicted octanol–water partition coefficient (Wildman–Crippen LogP) is 7.03. The molecule has 0 saturated heterocycles. The predicted molar refractivity (Wildman–Crippen MR) is 255 cm³/mol. The van der Waals surface area contributed by atoms with Crippen LogP contribution in [0, 0.1) is 20.2 Å². The number of nitro groups is 2. The van der Waals surface area contributed by atoms with E-state index in [2.05, 4.69) is 76.2 Å². The molecule has 0 saturated carbocycles. The molecular formula is C46H84Cl2N8O5S. The van der Waals surface area contributed by atoms with Crippen molar-refractivity contribution in [3.63, 3.8) is 0 Å². The van der Waals surface area contributed by atoms with E-state index in [1.807, 2.05) is 0 Å². The highest BCUT2D eigenvalue weighted by atomic mass is 35.5. The van der Waals surface area contributed by atoms with Crippen LogP contribution >= 0.6 is 11.3 Å². The highest BCUT2D eigenvalue weighted by molar-refractivity contribution is 7.19. The lowest BCUT2D eigenvalue weighted by Gasteiger charge is -2.39. The van der Waals surface area contributed by atoms with Crippen LogP contribution in [0.2, 0.25) is 0 Å². The molecule has 0 radical (unpaired) electrons. The number of benzene rings is 2. The van der Waals surface area contributed by atoms with Crippen LogP contribution in [0.4, 0.5) is 33.0 Å².